The van der Waals surface area contributed by atoms with Gasteiger partial charge >= 0.3 is 0 Å². The van der Waals surface area contributed by atoms with Crippen LogP contribution in [0.3, 0.4) is 0 Å². The summed E-state index contributed by atoms with van der Waals surface area (Å²) in [5, 5.41) is 0. The molecule has 0 aliphatic rings. The summed E-state index contributed by atoms with van der Waals surface area (Å²) >= 11 is 0. The maximum atomic E-state index is 3.82. The second kappa shape index (κ2) is 3.67. The van der Waals surface area contributed by atoms with Gasteiger partial charge in [0.1, 0.15) is 0 Å². The Balaban J connectivity index is 3.98. The van der Waals surface area contributed by atoms with Gasteiger partial charge in [0.15, 0.2) is 0 Å². The van der Waals surface area contributed by atoms with Gasteiger partial charge in [-0.1, -0.05) is 0 Å². The van der Waals surface area contributed by atoms with Crippen molar-refractivity contribution in [1.29, 1.82) is 0 Å². The summed E-state index contributed by atoms with van der Waals surface area (Å²) < 4.78 is 1.04. The van der Waals surface area contributed by atoms with Gasteiger partial charge in [-0.05, 0) is 27.4 Å². The maximum absolute atomic E-state index is 3.82. The molecule has 0 saturated heterocycles. The summed E-state index contributed by atoms with van der Waals surface area (Å²) in [4.78, 5) is 0. The monoisotopic (exact) mass is 128 g/mol. The Kier molecular flexibility index (Phi) is 3.55. The van der Waals surface area contributed by atoms with Gasteiger partial charge in [-0.25, -0.2) is 0 Å². The summed E-state index contributed by atoms with van der Waals surface area (Å²) in [5.74, 6) is 0. The Labute approximate surface area is 58.6 Å². The Hall–Kier alpha value is -0.300. The van der Waals surface area contributed by atoms with Crippen molar-refractivity contribution in [1.82, 2.24) is 0 Å². The van der Waals surface area contributed by atoms with Crippen molar-refractivity contribution < 1.29 is 4.48 Å². The number of hydrogen-bond donors (Lipinski definition) is 0. The lowest BCUT2D eigenvalue weighted by Crippen LogP contribution is -2.41. The lowest BCUT2D eigenvalue weighted by atomic mass is 10.4. The van der Waals surface area contributed by atoms with E-state index in [0.29, 0.717) is 0 Å². The average molecular weight is 128 g/mol. The van der Waals surface area contributed by atoms with Gasteiger partial charge in [-0.15, -0.1) is 0 Å². The van der Waals surface area contributed by atoms with E-state index in [0.717, 1.165) is 24.1 Å². The molecule has 0 atom stereocenters. The van der Waals surface area contributed by atoms with Crippen molar-refractivity contribution in [3.8, 4) is 0 Å². The Morgan fingerprint density at radius 1 is 1.11 bits per heavy atom. The Morgan fingerprint density at radius 2 is 1.44 bits per heavy atom. The maximum Gasteiger partial charge on any atom is 0.0885 e. The van der Waals surface area contributed by atoms with Gasteiger partial charge in [0.25, 0.3) is 0 Å². The quantitative estimate of drug-likeness (QED) is 0.508. The van der Waals surface area contributed by atoms with E-state index >= 15 is 0 Å². The standard InChI is InChI=1S/C8H18N/c1-5-9(6-2,7-3)8-4/h5H,1,6-8H2,2-4H3/q+1. The zero-order valence-electron chi connectivity index (χ0n) is 6.85. The molecule has 1 heteroatoms. The first kappa shape index (κ1) is 8.70. The molecule has 54 valence electrons. The largest absolute Gasteiger partial charge is 0.298 e. The summed E-state index contributed by atoms with van der Waals surface area (Å²) in [7, 11) is 0. The predicted octanol–water partition coefficient (Wildman–Crippen LogP) is 2.01. The van der Waals surface area contributed by atoms with E-state index in [-0.39, 0.29) is 0 Å². The Morgan fingerprint density at radius 3 is 1.44 bits per heavy atom. The molecule has 0 bridgehead atoms. The number of rotatable bonds is 4. The molecule has 0 spiro atoms. The molecule has 0 amide bonds. The van der Waals surface area contributed by atoms with Crippen LogP contribution in [0.4, 0.5) is 0 Å². The zero-order valence-corrected chi connectivity index (χ0v) is 6.85. The van der Waals surface area contributed by atoms with Crippen molar-refractivity contribution in [2.75, 3.05) is 19.6 Å². The molecule has 0 aliphatic heterocycles. The molecular formula is C8H18N+. The molecule has 1 nitrogen and oxygen atoms in total. The summed E-state index contributed by atoms with van der Waals surface area (Å²) in [6, 6.07) is 0. The van der Waals surface area contributed by atoms with Crippen LogP contribution in [-0.4, -0.2) is 24.1 Å². The Bertz CT molecular complexity index is 74.3. The molecule has 0 N–H and O–H groups in total. The smallest absolute Gasteiger partial charge is 0.0885 e. The van der Waals surface area contributed by atoms with Crippen molar-refractivity contribution in [2.24, 2.45) is 0 Å². The first-order chi connectivity index (χ1) is 4.24. The number of nitrogens with zero attached hydrogens (tertiary/aromatic N) is 1. The highest BCUT2D eigenvalue weighted by atomic mass is 15.3. The summed E-state index contributed by atoms with van der Waals surface area (Å²) in [6.07, 6.45) is 2.04. The minimum absolute atomic E-state index is 1.04. The van der Waals surface area contributed by atoms with Crippen LogP contribution in [0.2, 0.25) is 0 Å². The minimum Gasteiger partial charge on any atom is -0.298 e. The number of quaternary nitrogens is 1. The average Bonchev–Trinajstić information content (AvgIpc) is 1.95. The van der Waals surface area contributed by atoms with Gasteiger partial charge in [-0.2, -0.15) is 0 Å². The van der Waals surface area contributed by atoms with Crippen molar-refractivity contribution in [3.63, 3.8) is 0 Å². The fourth-order valence-electron chi connectivity index (χ4n) is 1.06. The SMILES string of the molecule is C=C[N+](CC)(CC)CC. The molecule has 0 aliphatic carbocycles. The number of hydrogen-bond acceptors (Lipinski definition) is 0. The predicted molar refractivity (Wildman–Crippen MR) is 42.1 cm³/mol. The highest BCUT2D eigenvalue weighted by Crippen LogP contribution is 2.04. The van der Waals surface area contributed by atoms with E-state index in [1.807, 2.05) is 6.20 Å². The molecule has 0 aromatic carbocycles. The summed E-state index contributed by atoms with van der Waals surface area (Å²) in [6.45, 7) is 13.9. The van der Waals surface area contributed by atoms with Crippen LogP contribution in [0, 0.1) is 0 Å². The third kappa shape index (κ3) is 1.83. The molecule has 0 saturated carbocycles. The first-order valence-electron chi connectivity index (χ1n) is 3.74. The van der Waals surface area contributed by atoms with Crippen LogP contribution in [0.15, 0.2) is 12.8 Å². The molecule has 0 radical (unpaired) electrons. The van der Waals surface area contributed by atoms with Gasteiger partial charge in [0.05, 0.1) is 25.8 Å². The van der Waals surface area contributed by atoms with Crippen LogP contribution in [0.25, 0.3) is 0 Å². The molecule has 0 unspecified atom stereocenters. The molecule has 9 heavy (non-hydrogen) atoms. The molecule has 0 aromatic heterocycles. The van der Waals surface area contributed by atoms with Crippen LogP contribution in [0.1, 0.15) is 20.8 Å². The third-order valence-corrected chi connectivity index (χ3v) is 2.28. The van der Waals surface area contributed by atoms with Gasteiger partial charge in [0, 0.05) is 0 Å². The van der Waals surface area contributed by atoms with Crippen LogP contribution in [-0.2, 0) is 0 Å². The van der Waals surface area contributed by atoms with E-state index < -0.39 is 0 Å². The van der Waals surface area contributed by atoms with Crippen LogP contribution < -0.4 is 0 Å². The fourth-order valence-corrected chi connectivity index (χ4v) is 1.06. The second-order valence-corrected chi connectivity index (χ2v) is 2.35. The van der Waals surface area contributed by atoms with E-state index in [4.69, 9.17) is 0 Å². The topological polar surface area (TPSA) is 0 Å². The van der Waals surface area contributed by atoms with E-state index in [1.54, 1.807) is 0 Å². The van der Waals surface area contributed by atoms with Crippen molar-refractivity contribution in [2.45, 2.75) is 20.8 Å². The van der Waals surface area contributed by atoms with E-state index in [9.17, 15) is 0 Å². The molecule has 0 heterocycles. The second-order valence-electron chi connectivity index (χ2n) is 2.35. The summed E-state index contributed by atoms with van der Waals surface area (Å²) in [5.41, 5.74) is 0. The lowest BCUT2D eigenvalue weighted by Gasteiger charge is -2.30. The van der Waals surface area contributed by atoms with Gasteiger partial charge in [-0.3, -0.25) is 4.48 Å². The third-order valence-electron chi connectivity index (χ3n) is 2.28. The fraction of sp³-hybridized carbons (Fsp3) is 0.750. The van der Waals surface area contributed by atoms with Crippen molar-refractivity contribution >= 4 is 0 Å². The first-order valence-corrected chi connectivity index (χ1v) is 3.74. The molecular weight excluding hydrogens is 110 g/mol. The highest BCUT2D eigenvalue weighted by Gasteiger charge is 2.14. The van der Waals surface area contributed by atoms with Gasteiger partial charge < -0.3 is 0 Å². The van der Waals surface area contributed by atoms with E-state index in [2.05, 4.69) is 27.4 Å². The van der Waals surface area contributed by atoms with Crippen molar-refractivity contribution in [3.05, 3.63) is 12.8 Å². The minimum atomic E-state index is 1.04. The molecule has 0 aromatic rings. The normalized spacial score (nSPS) is 11.4. The van der Waals surface area contributed by atoms with Gasteiger partial charge in [0.2, 0.25) is 0 Å². The van der Waals surface area contributed by atoms with Crippen LogP contribution >= 0.6 is 0 Å². The lowest BCUT2D eigenvalue weighted by molar-refractivity contribution is -0.873. The molecule has 0 rings (SSSR count). The van der Waals surface area contributed by atoms with E-state index in [1.165, 1.54) is 0 Å². The zero-order chi connectivity index (χ0) is 7.33. The molecule has 0 fully saturated rings. The van der Waals surface area contributed by atoms with Crippen LogP contribution in [0.5, 0.6) is 0 Å². The highest BCUT2D eigenvalue weighted by molar-refractivity contribution is 4.53.